The topological polar surface area (TPSA) is 40.5 Å². The molecule has 1 N–H and O–H groups in total. The van der Waals surface area contributed by atoms with Gasteiger partial charge >= 0.3 is 5.97 Å². The molecule has 17 heavy (non-hydrogen) atoms. The number of carboxylic acids is 1. The van der Waals surface area contributed by atoms with Crippen LogP contribution in [0.5, 0.6) is 0 Å². The third kappa shape index (κ3) is 1.79. The molecular weight excluding hydrogens is 214 g/mol. The van der Waals surface area contributed by atoms with Crippen LogP contribution in [0.1, 0.15) is 29.6 Å². The van der Waals surface area contributed by atoms with Crippen LogP contribution in [0, 0.1) is 11.8 Å². The molecule has 1 aromatic carbocycles. The third-order valence-electron chi connectivity index (χ3n) is 4.20. The van der Waals surface area contributed by atoms with Gasteiger partial charge in [-0.1, -0.05) is 18.6 Å². The van der Waals surface area contributed by atoms with Crippen molar-refractivity contribution in [3.05, 3.63) is 29.8 Å². The molecule has 0 spiro atoms. The largest absolute Gasteiger partial charge is 0.478 e. The lowest BCUT2D eigenvalue weighted by Crippen LogP contribution is -2.23. The summed E-state index contributed by atoms with van der Waals surface area (Å²) in [4.78, 5) is 13.5. The lowest BCUT2D eigenvalue weighted by Gasteiger charge is -2.21. The molecule has 0 amide bonds. The summed E-state index contributed by atoms with van der Waals surface area (Å²) in [6.45, 7) is 2.07. The summed E-state index contributed by atoms with van der Waals surface area (Å²) in [6, 6.07) is 7.36. The van der Waals surface area contributed by atoms with E-state index < -0.39 is 5.97 Å². The maximum absolute atomic E-state index is 11.2. The predicted octanol–water partition coefficient (Wildman–Crippen LogP) is 2.62. The molecule has 0 aromatic heterocycles. The minimum Gasteiger partial charge on any atom is -0.478 e. The Hall–Kier alpha value is -1.51. The van der Waals surface area contributed by atoms with Crippen molar-refractivity contribution in [3.8, 4) is 0 Å². The molecular formula is C14H17NO2. The molecule has 2 atom stereocenters. The molecule has 2 aliphatic rings. The first-order chi connectivity index (χ1) is 8.25. The van der Waals surface area contributed by atoms with Crippen molar-refractivity contribution in [2.24, 2.45) is 11.8 Å². The van der Waals surface area contributed by atoms with Crippen molar-refractivity contribution in [3.63, 3.8) is 0 Å². The van der Waals surface area contributed by atoms with Crippen molar-refractivity contribution >= 4 is 11.7 Å². The van der Waals surface area contributed by atoms with Gasteiger partial charge in [0.1, 0.15) is 0 Å². The van der Waals surface area contributed by atoms with Gasteiger partial charge in [-0.2, -0.15) is 0 Å². The fraction of sp³-hybridized carbons (Fsp3) is 0.500. The van der Waals surface area contributed by atoms with Gasteiger partial charge in [0.2, 0.25) is 0 Å². The first-order valence-electron chi connectivity index (χ1n) is 6.33. The highest BCUT2D eigenvalue weighted by Gasteiger charge is 2.36. The van der Waals surface area contributed by atoms with Crippen LogP contribution < -0.4 is 4.90 Å². The molecule has 3 nitrogen and oxygen atoms in total. The summed E-state index contributed by atoms with van der Waals surface area (Å²) >= 11 is 0. The fourth-order valence-electron chi connectivity index (χ4n) is 3.36. The van der Waals surface area contributed by atoms with Crippen LogP contribution in [0.25, 0.3) is 0 Å². The van der Waals surface area contributed by atoms with E-state index in [0.717, 1.165) is 30.6 Å². The quantitative estimate of drug-likeness (QED) is 0.850. The van der Waals surface area contributed by atoms with Gasteiger partial charge in [-0.15, -0.1) is 0 Å². The molecule has 1 saturated heterocycles. The van der Waals surface area contributed by atoms with Crippen molar-refractivity contribution in [1.29, 1.82) is 0 Å². The number of benzene rings is 1. The maximum atomic E-state index is 11.2. The van der Waals surface area contributed by atoms with Gasteiger partial charge in [-0.3, -0.25) is 0 Å². The van der Waals surface area contributed by atoms with Crippen LogP contribution in [0.3, 0.4) is 0 Å². The summed E-state index contributed by atoms with van der Waals surface area (Å²) in [6.07, 6.45) is 3.98. The van der Waals surface area contributed by atoms with Gasteiger partial charge in [0, 0.05) is 13.1 Å². The second-order valence-corrected chi connectivity index (χ2v) is 5.18. The summed E-state index contributed by atoms with van der Waals surface area (Å²) < 4.78 is 0. The standard InChI is InChI=1S/C14H17NO2/c16-14(17)12-6-1-2-7-13(12)15-8-10-4-3-5-11(10)9-15/h1-2,6-7,10-11H,3-5,8-9H2,(H,16,17). The summed E-state index contributed by atoms with van der Waals surface area (Å²) in [5.74, 6) is 0.756. The van der Waals surface area contributed by atoms with Crippen LogP contribution >= 0.6 is 0 Å². The van der Waals surface area contributed by atoms with E-state index in [2.05, 4.69) is 4.90 Å². The van der Waals surface area contributed by atoms with Gasteiger partial charge in [-0.25, -0.2) is 4.79 Å². The van der Waals surface area contributed by atoms with Gasteiger partial charge in [0.15, 0.2) is 0 Å². The maximum Gasteiger partial charge on any atom is 0.337 e. The average Bonchev–Trinajstić information content (AvgIpc) is 2.88. The number of aromatic carboxylic acids is 1. The van der Waals surface area contributed by atoms with E-state index in [-0.39, 0.29) is 0 Å². The van der Waals surface area contributed by atoms with E-state index in [1.807, 2.05) is 12.1 Å². The Morgan fingerprint density at radius 1 is 1.18 bits per heavy atom. The van der Waals surface area contributed by atoms with Gasteiger partial charge < -0.3 is 10.0 Å². The average molecular weight is 231 g/mol. The summed E-state index contributed by atoms with van der Waals surface area (Å²) in [5, 5.41) is 9.20. The minimum atomic E-state index is -0.822. The highest BCUT2D eigenvalue weighted by molar-refractivity contribution is 5.94. The molecule has 1 aromatic rings. The number of para-hydroxylation sites is 1. The van der Waals surface area contributed by atoms with Crippen molar-refractivity contribution in [1.82, 2.24) is 0 Å². The molecule has 0 radical (unpaired) electrons. The number of hydrogen-bond donors (Lipinski definition) is 1. The molecule has 1 heterocycles. The number of nitrogens with zero attached hydrogens (tertiary/aromatic N) is 1. The molecule has 90 valence electrons. The third-order valence-corrected chi connectivity index (χ3v) is 4.20. The van der Waals surface area contributed by atoms with E-state index in [1.165, 1.54) is 19.3 Å². The monoisotopic (exact) mass is 231 g/mol. The van der Waals surface area contributed by atoms with E-state index in [9.17, 15) is 9.90 Å². The lowest BCUT2D eigenvalue weighted by atomic mass is 10.0. The van der Waals surface area contributed by atoms with Gasteiger partial charge in [0.25, 0.3) is 0 Å². The first-order valence-corrected chi connectivity index (χ1v) is 6.33. The molecule has 3 heteroatoms. The smallest absolute Gasteiger partial charge is 0.337 e. The van der Waals surface area contributed by atoms with Crippen molar-refractivity contribution in [2.45, 2.75) is 19.3 Å². The van der Waals surface area contributed by atoms with Crippen molar-refractivity contribution in [2.75, 3.05) is 18.0 Å². The second kappa shape index (κ2) is 4.06. The zero-order valence-electron chi connectivity index (χ0n) is 9.80. The van der Waals surface area contributed by atoms with E-state index >= 15 is 0 Å². The van der Waals surface area contributed by atoms with Gasteiger partial charge in [0.05, 0.1) is 11.3 Å². The predicted molar refractivity (Wildman–Crippen MR) is 66.4 cm³/mol. The van der Waals surface area contributed by atoms with E-state index in [4.69, 9.17) is 0 Å². The van der Waals surface area contributed by atoms with Crippen LogP contribution in [0.2, 0.25) is 0 Å². The molecule has 0 bridgehead atoms. The molecule has 2 fully saturated rings. The summed E-state index contributed by atoms with van der Waals surface area (Å²) in [7, 11) is 0. The fourth-order valence-corrected chi connectivity index (χ4v) is 3.36. The zero-order chi connectivity index (χ0) is 11.8. The molecule has 2 unspecified atom stereocenters. The number of fused-ring (bicyclic) bond motifs is 1. The number of anilines is 1. The molecule has 1 aliphatic heterocycles. The molecule has 3 rings (SSSR count). The van der Waals surface area contributed by atoms with Crippen LogP contribution in [-0.2, 0) is 0 Å². The number of carbonyl (C=O) groups is 1. The Morgan fingerprint density at radius 2 is 1.82 bits per heavy atom. The van der Waals surface area contributed by atoms with E-state index in [0.29, 0.717) is 5.56 Å². The Kier molecular flexibility index (Phi) is 2.54. The van der Waals surface area contributed by atoms with Gasteiger partial charge in [-0.05, 0) is 36.8 Å². The highest BCUT2D eigenvalue weighted by atomic mass is 16.4. The Balaban J connectivity index is 1.88. The Labute approximate surface area is 101 Å². The Bertz CT molecular complexity index is 432. The normalized spacial score (nSPS) is 27.2. The van der Waals surface area contributed by atoms with E-state index in [1.54, 1.807) is 12.1 Å². The summed E-state index contributed by atoms with van der Waals surface area (Å²) in [5.41, 5.74) is 1.34. The molecule has 1 aliphatic carbocycles. The zero-order valence-corrected chi connectivity index (χ0v) is 9.80. The Morgan fingerprint density at radius 3 is 2.47 bits per heavy atom. The SMILES string of the molecule is O=C(O)c1ccccc1N1CC2CCCC2C1. The number of rotatable bonds is 2. The first kappa shape index (κ1) is 10.6. The second-order valence-electron chi connectivity index (χ2n) is 5.18. The van der Waals surface area contributed by atoms with Crippen molar-refractivity contribution < 1.29 is 9.90 Å². The van der Waals surface area contributed by atoms with Crippen LogP contribution in [0.15, 0.2) is 24.3 Å². The van der Waals surface area contributed by atoms with Crippen LogP contribution in [-0.4, -0.2) is 24.2 Å². The molecule has 1 saturated carbocycles. The van der Waals surface area contributed by atoms with Crippen LogP contribution in [0.4, 0.5) is 5.69 Å². The number of carboxylic acid groups (broad SMARTS) is 1. The number of hydrogen-bond acceptors (Lipinski definition) is 2. The highest BCUT2D eigenvalue weighted by Crippen LogP contribution is 2.40. The minimum absolute atomic E-state index is 0.437. The lowest BCUT2D eigenvalue weighted by molar-refractivity contribution is 0.0697.